The second-order valence-corrected chi connectivity index (χ2v) is 16.4. The SMILES string of the molecule is CCCCCCCCCCC/C=C/C(O)C(CO)NC(=O)CCCCCCC/C=C\CCCCCOC(=O)CCCCCCCCCCCCCCCCC. The minimum atomic E-state index is -0.858. The first kappa shape index (κ1) is 53.3. The summed E-state index contributed by atoms with van der Waals surface area (Å²) in [6.45, 7) is 4.82. The molecule has 1 amide bonds. The van der Waals surface area contributed by atoms with Gasteiger partial charge >= 0.3 is 5.97 Å². The number of hydrogen-bond donors (Lipinski definition) is 3. The number of rotatable bonds is 44. The zero-order valence-corrected chi connectivity index (χ0v) is 36.7. The van der Waals surface area contributed by atoms with Crippen LogP contribution in [0.5, 0.6) is 0 Å². The normalized spacial score (nSPS) is 12.9. The van der Waals surface area contributed by atoms with Crippen LogP contribution in [0.25, 0.3) is 0 Å². The monoisotopic (exact) mass is 776 g/mol. The molecule has 0 radical (unpaired) electrons. The van der Waals surface area contributed by atoms with E-state index < -0.39 is 12.1 Å². The minimum Gasteiger partial charge on any atom is -0.466 e. The summed E-state index contributed by atoms with van der Waals surface area (Å²) in [5.41, 5.74) is 0. The van der Waals surface area contributed by atoms with Gasteiger partial charge in [-0.2, -0.15) is 0 Å². The van der Waals surface area contributed by atoms with Crippen molar-refractivity contribution >= 4 is 11.9 Å². The molecule has 0 heterocycles. The maximum absolute atomic E-state index is 12.4. The molecular formula is C49H93NO5. The summed E-state index contributed by atoms with van der Waals surface area (Å²) in [6.07, 6.45) is 51.7. The number of nitrogens with one attached hydrogen (secondary N) is 1. The Labute approximate surface area is 341 Å². The first-order chi connectivity index (χ1) is 27.0. The molecule has 6 nitrogen and oxygen atoms in total. The van der Waals surface area contributed by atoms with Crippen LogP contribution in [-0.4, -0.2) is 47.4 Å². The Bertz CT molecular complexity index is 858. The smallest absolute Gasteiger partial charge is 0.305 e. The second-order valence-electron chi connectivity index (χ2n) is 16.4. The van der Waals surface area contributed by atoms with E-state index in [9.17, 15) is 19.8 Å². The summed E-state index contributed by atoms with van der Waals surface area (Å²) >= 11 is 0. The molecule has 0 aromatic carbocycles. The van der Waals surface area contributed by atoms with Gasteiger partial charge in [-0.25, -0.2) is 0 Å². The average molecular weight is 776 g/mol. The van der Waals surface area contributed by atoms with Crippen molar-refractivity contribution < 1.29 is 24.5 Å². The summed E-state index contributed by atoms with van der Waals surface area (Å²) in [6, 6.07) is -0.644. The average Bonchev–Trinajstić information content (AvgIpc) is 3.18. The number of esters is 1. The highest BCUT2D eigenvalue weighted by molar-refractivity contribution is 5.76. The van der Waals surface area contributed by atoms with Gasteiger partial charge in [-0.15, -0.1) is 0 Å². The van der Waals surface area contributed by atoms with Gasteiger partial charge in [0.2, 0.25) is 5.91 Å². The maximum atomic E-state index is 12.4. The molecule has 0 fully saturated rings. The van der Waals surface area contributed by atoms with Crippen molar-refractivity contribution in [3.63, 3.8) is 0 Å². The predicted octanol–water partition coefficient (Wildman–Crippen LogP) is 14.0. The fourth-order valence-electron chi connectivity index (χ4n) is 7.21. The number of ether oxygens (including phenoxy) is 1. The van der Waals surface area contributed by atoms with E-state index in [0.717, 1.165) is 77.0 Å². The third kappa shape index (κ3) is 41.8. The minimum absolute atomic E-state index is 0.0223. The predicted molar refractivity (Wildman–Crippen MR) is 236 cm³/mol. The molecule has 0 aromatic heterocycles. The lowest BCUT2D eigenvalue weighted by Gasteiger charge is -2.20. The van der Waals surface area contributed by atoms with E-state index in [2.05, 4.69) is 31.3 Å². The van der Waals surface area contributed by atoms with Gasteiger partial charge in [-0.3, -0.25) is 9.59 Å². The zero-order chi connectivity index (χ0) is 40.1. The quantitative estimate of drug-likeness (QED) is 0.0325. The molecule has 0 spiro atoms. The summed E-state index contributed by atoms with van der Waals surface area (Å²) < 4.78 is 5.44. The molecule has 0 rings (SSSR count). The van der Waals surface area contributed by atoms with Gasteiger partial charge in [0.15, 0.2) is 0 Å². The number of hydrogen-bond acceptors (Lipinski definition) is 5. The van der Waals surface area contributed by atoms with Crippen LogP contribution in [0.1, 0.15) is 251 Å². The highest BCUT2D eigenvalue weighted by atomic mass is 16.5. The van der Waals surface area contributed by atoms with Crippen molar-refractivity contribution in [3.05, 3.63) is 24.3 Å². The highest BCUT2D eigenvalue weighted by Gasteiger charge is 2.18. The Morgan fingerprint density at radius 3 is 1.29 bits per heavy atom. The molecule has 324 valence electrons. The summed E-state index contributed by atoms with van der Waals surface area (Å²) in [4.78, 5) is 24.4. The highest BCUT2D eigenvalue weighted by Crippen LogP contribution is 2.15. The lowest BCUT2D eigenvalue weighted by molar-refractivity contribution is -0.143. The molecule has 3 N–H and O–H groups in total. The molecule has 0 saturated carbocycles. The number of aliphatic hydroxyl groups is 2. The fraction of sp³-hybridized carbons (Fsp3) is 0.878. The van der Waals surface area contributed by atoms with Gasteiger partial charge in [-0.1, -0.05) is 199 Å². The fourth-order valence-corrected chi connectivity index (χ4v) is 7.21. The van der Waals surface area contributed by atoms with E-state index in [1.165, 1.54) is 148 Å². The molecule has 0 aromatic rings. The third-order valence-electron chi connectivity index (χ3n) is 11.0. The van der Waals surface area contributed by atoms with Gasteiger partial charge in [-0.05, 0) is 64.2 Å². The Morgan fingerprint density at radius 2 is 0.855 bits per heavy atom. The van der Waals surface area contributed by atoms with Crippen molar-refractivity contribution in [1.82, 2.24) is 5.32 Å². The Hall–Kier alpha value is -1.66. The third-order valence-corrected chi connectivity index (χ3v) is 11.0. The number of unbranched alkanes of at least 4 members (excludes halogenated alkanes) is 31. The van der Waals surface area contributed by atoms with Crippen LogP contribution in [-0.2, 0) is 14.3 Å². The number of aliphatic hydroxyl groups excluding tert-OH is 2. The van der Waals surface area contributed by atoms with Crippen molar-refractivity contribution in [2.24, 2.45) is 0 Å². The van der Waals surface area contributed by atoms with Crippen LogP contribution >= 0.6 is 0 Å². The van der Waals surface area contributed by atoms with E-state index in [4.69, 9.17) is 4.74 Å². The number of amides is 1. The van der Waals surface area contributed by atoms with Gasteiger partial charge in [0, 0.05) is 12.8 Å². The van der Waals surface area contributed by atoms with Crippen molar-refractivity contribution in [2.45, 2.75) is 264 Å². The molecule has 2 atom stereocenters. The molecule has 0 aliphatic heterocycles. The molecule has 6 heteroatoms. The number of allylic oxidation sites excluding steroid dienone is 3. The Kier molecular flexibility index (Phi) is 43.7. The van der Waals surface area contributed by atoms with Crippen LogP contribution in [0, 0.1) is 0 Å². The van der Waals surface area contributed by atoms with Crippen molar-refractivity contribution in [1.29, 1.82) is 0 Å². The first-order valence-corrected chi connectivity index (χ1v) is 24.1. The van der Waals surface area contributed by atoms with Gasteiger partial charge in [0.25, 0.3) is 0 Å². The van der Waals surface area contributed by atoms with E-state index in [1.807, 2.05) is 6.08 Å². The molecule has 0 bridgehead atoms. The first-order valence-electron chi connectivity index (χ1n) is 24.1. The van der Waals surface area contributed by atoms with E-state index in [-0.39, 0.29) is 18.5 Å². The van der Waals surface area contributed by atoms with E-state index in [0.29, 0.717) is 19.4 Å². The molecule has 0 aliphatic rings. The van der Waals surface area contributed by atoms with Gasteiger partial charge in [0.05, 0.1) is 25.4 Å². The van der Waals surface area contributed by atoms with E-state index >= 15 is 0 Å². The largest absolute Gasteiger partial charge is 0.466 e. The second kappa shape index (κ2) is 45.0. The van der Waals surface area contributed by atoms with Crippen LogP contribution in [0.2, 0.25) is 0 Å². The summed E-state index contributed by atoms with van der Waals surface area (Å²) in [7, 11) is 0. The number of carbonyl (C=O) groups is 2. The molecule has 2 unspecified atom stereocenters. The lowest BCUT2D eigenvalue weighted by atomic mass is 10.0. The van der Waals surface area contributed by atoms with Crippen molar-refractivity contribution in [2.75, 3.05) is 13.2 Å². The zero-order valence-electron chi connectivity index (χ0n) is 36.7. The van der Waals surface area contributed by atoms with Crippen molar-refractivity contribution in [3.8, 4) is 0 Å². The molecule has 0 saturated heterocycles. The van der Waals surface area contributed by atoms with E-state index in [1.54, 1.807) is 6.08 Å². The Morgan fingerprint density at radius 1 is 0.491 bits per heavy atom. The van der Waals surface area contributed by atoms with Crippen LogP contribution in [0.4, 0.5) is 0 Å². The van der Waals surface area contributed by atoms with Crippen LogP contribution < -0.4 is 5.32 Å². The maximum Gasteiger partial charge on any atom is 0.305 e. The number of carbonyl (C=O) groups excluding carboxylic acids is 2. The molecular weight excluding hydrogens is 683 g/mol. The molecule has 55 heavy (non-hydrogen) atoms. The Balaban J connectivity index is 3.52. The molecule has 0 aliphatic carbocycles. The van der Waals surface area contributed by atoms with Crippen LogP contribution in [0.15, 0.2) is 24.3 Å². The van der Waals surface area contributed by atoms with Gasteiger partial charge in [0.1, 0.15) is 0 Å². The summed E-state index contributed by atoms with van der Waals surface area (Å²) in [5.74, 6) is -0.118. The summed E-state index contributed by atoms with van der Waals surface area (Å²) in [5, 5.41) is 22.9. The van der Waals surface area contributed by atoms with Crippen LogP contribution in [0.3, 0.4) is 0 Å². The van der Waals surface area contributed by atoms with Gasteiger partial charge < -0.3 is 20.3 Å². The topological polar surface area (TPSA) is 95.9 Å². The standard InChI is InChI=1S/C49H93NO5/c1-3-5-7-9-11-13-15-16-17-18-23-27-31-35-39-43-49(54)55-44-40-36-32-28-24-20-19-22-26-30-34-38-42-48(53)50-46(45-51)47(52)41-37-33-29-25-21-14-12-10-8-6-4-2/h20,24,37,41,46-47,51-52H,3-19,21-23,25-36,38-40,42-45H2,1-2H3,(H,50,53)/b24-20-,41-37+. The lowest BCUT2D eigenvalue weighted by Crippen LogP contribution is -2.45.